The highest BCUT2D eigenvalue weighted by atomic mass is 32.2. The van der Waals surface area contributed by atoms with Crippen molar-refractivity contribution in [1.82, 2.24) is 4.72 Å². The van der Waals surface area contributed by atoms with Gasteiger partial charge in [-0.2, -0.15) is 0 Å². The van der Waals surface area contributed by atoms with Gasteiger partial charge in [0.05, 0.1) is 4.90 Å². The lowest BCUT2D eigenvalue weighted by Crippen LogP contribution is -2.35. The fourth-order valence-corrected chi connectivity index (χ4v) is 5.67. The first-order valence-corrected chi connectivity index (χ1v) is 10.9. The predicted molar refractivity (Wildman–Crippen MR) is 100 cm³/mol. The van der Waals surface area contributed by atoms with Gasteiger partial charge in [-0.15, -0.1) is 0 Å². The third-order valence-electron chi connectivity index (χ3n) is 5.84. The Morgan fingerprint density at radius 1 is 1.19 bits per heavy atom. The summed E-state index contributed by atoms with van der Waals surface area (Å²) in [4.78, 5) is 10.9. The van der Waals surface area contributed by atoms with E-state index in [1.165, 1.54) is 19.3 Å². The van der Waals surface area contributed by atoms with E-state index in [1.54, 1.807) is 30.3 Å². The van der Waals surface area contributed by atoms with Gasteiger partial charge in [-0.05, 0) is 67.9 Å². The zero-order valence-electron chi connectivity index (χ0n) is 14.9. The molecule has 2 fully saturated rings. The molecule has 0 amide bonds. The van der Waals surface area contributed by atoms with E-state index in [0.29, 0.717) is 41.5 Å². The van der Waals surface area contributed by atoms with E-state index in [-0.39, 0.29) is 6.42 Å². The van der Waals surface area contributed by atoms with Crippen LogP contribution in [0, 0.1) is 23.7 Å². The third-order valence-corrected chi connectivity index (χ3v) is 7.28. The smallest absolute Gasteiger partial charge is 0.303 e. The summed E-state index contributed by atoms with van der Waals surface area (Å²) < 4.78 is 27.8. The standard InChI is InChI=1S/C20H27NO4S/c22-20(23)10-6-2-5-9-18-15-11-12-16(13-15)19(18)14-21-26(24,25)17-7-3-1-4-8-17/h1,3-5,7-9,15-16,18-19,21H,2,6,10-14H2,(H,22,23)/b9-5-. The summed E-state index contributed by atoms with van der Waals surface area (Å²) in [5, 5.41) is 8.70. The average molecular weight is 378 g/mol. The molecule has 2 bridgehead atoms. The molecule has 0 radical (unpaired) electrons. The van der Waals surface area contributed by atoms with Gasteiger partial charge < -0.3 is 5.11 Å². The van der Waals surface area contributed by atoms with E-state index in [0.717, 1.165) is 6.42 Å². The fourth-order valence-electron chi connectivity index (χ4n) is 4.57. The number of carboxylic acids is 1. The summed E-state index contributed by atoms with van der Waals surface area (Å²) in [5.74, 6) is 1.21. The van der Waals surface area contributed by atoms with Crippen molar-refractivity contribution in [2.75, 3.05) is 6.54 Å². The molecule has 0 spiro atoms. The molecule has 142 valence electrons. The Hall–Kier alpha value is -1.66. The first-order chi connectivity index (χ1) is 12.5. The van der Waals surface area contributed by atoms with Crippen molar-refractivity contribution in [3.63, 3.8) is 0 Å². The minimum absolute atomic E-state index is 0.196. The largest absolute Gasteiger partial charge is 0.481 e. The Bertz CT molecular complexity index is 744. The molecule has 5 nitrogen and oxygen atoms in total. The van der Waals surface area contributed by atoms with Gasteiger partial charge in [0.1, 0.15) is 0 Å². The van der Waals surface area contributed by atoms with E-state index < -0.39 is 16.0 Å². The van der Waals surface area contributed by atoms with Crippen LogP contribution in [0.4, 0.5) is 0 Å². The first kappa shape index (κ1) is 19.1. The second kappa shape index (κ2) is 8.35. The normalized spacial score (nSPS) is 28.0. The van der Waals surface area contributed by atoms with Gasteiger partial charge in [0, 0.05) is 13.0 Å². The SMILES string of the molecule is O=C(O)CCC/C=C\C1C2CCC(C2)C1CNS(=O)(=O)c1ccccc1. The lowest BCUT2D eigenvalue weighted by atomic mass is 9.79. The first-order valence-electron chi connectivity index (χ1n) is 9.40. The van der Waals surface area contributed by atoms with Gasteiger partial charge in [0.25, 0.3) is 0 Å². The van der Waals surface area contributed by atoms with Gasteiger partial charge in [-0.1, -0.05) is 30.4 Å². The quantitative estimate of drug-likeness (QED) is 0.510. The molecule has 1 aromatic carbocycles. The van der Waals surface area contributed by atoms with E-state index >= 15 is 0 Å². The van der Waals surface area contributed by atoms with Crippen molar-refractivity contribution in [3.05, 3.63) is 42.5 Å². The lowest BCUT2D eigenvalue weighted by molar-refractivity contribution is -0.137. The molecule has 6 heteroatoms. The number of aliphatic carboxylic acids is 1. The summed E-state index contributed by atoms with van der Waals surface area (Å²) in [7, 11) is -3.47. The Labute approximate surface area is 155 Å². The van der Waals surface area contributed by atoms with Crippen LogP contribution >= 0.6 is 0 Å². The van der Waals surface area contributed by atoms with E-state index in [9.17, 15) is 13.2 Å². The zero-order chi connectivity index (χ0) is 18.6. The second-order valence-electron chi connectivity index (χ2n) is 7.45. The predicted octanol–water partition coefficient (Wildman–Crippen LogP) is 3.44. The molecule has 4 atom stereocenters. The Kier molecular flexibility index (Phi) is 6.14. The molecule has 2 N–H and O–H groups in total. The molecule has 0 saturated heterocycles. The van der Waals surface area contributed by atoms with Crippen molar-refractivity contribution in [1.29, 1.82) is 0 Å². The highest BCUT2D eigenvalue weighted by Crippen LogP contribution is 2.52. The molecule has 26 heavy (non-hydrogen) atoms. The Morgan fingerprint density at radius 3 is 2.65 bits per heavy atom. The number of carbonyl (C=O) groups is 1. The molecule has 0 aliphatic heterocycles. The number of hydrogen-bond acceptors (Lipinski definition) is 3. The van der Waals surface area contributed by atoms with Gasteiger partial charge in [0.2, 0.25) is 10.0 Å². The Balaban J connectivity index is 1.59. The maximum Gasteiger partial charge on any atom is 0.303 e. The summed E-state index contributed by atoms with van der Waals surface area (Å²) in [5.41, 5.74) is 0. The van der Waals surface area contributed by atoms with Crippen LogP contribution in [0.5, 0.6) is 0 Å². The topological polar surface area (TPSA) is 83.5 Å². The fraction of sp³-hybridized carbons (Fsp3) is 0.550. The van der Waals surface area contributed by atoms with Gasteiger partial charge in [-0.25, -0.2) is 13.1 Å². The molecule has 1 aromatic rings. The molecule has 0 aromatic heterocycles. The Morgan fingerprint density at radius 2 is 1.92 bits per heavy atom. The number of nitrogens with one attached hydrogen (secondary N) is 1. The number of sulfonamides is 1. The number of fused-ring (bicyclic) bond motifs is 2. The van der Waals surface area contributed by atoms with Crippen LogP contribution in [0.1, 0.15) is 38.5 Å². The summed E-state index contributed by atoms with van der Waals surface area (Å²) in [6.07, 6.45) is 9.51. The summed E-state index contributed by atoms with van der Waals surface area (Å²) in [6.45, 7) is 0.475. The summed E-state index contributed by atoms with van der Waals surface area (Å²) in [6, 6.07) is 8.50. The minimum Gasteiger partial charge on any atom is -0.481 e. The van der Waals surface area contributed by atoms with Gasteiger partial charge in [0.15, 0.2) is 0 Å². The third kappa shape index (κ3) is 4.54. The molecule has 0 heterocycles. The number of hydrogen-bond donors (Lipinski definition) is 2. The minimum atomic E-state index is -3.47. The molecular weight excluding hydrogens is 350 g/mol. The number of rotatable bonds is 9. The molecule has 3 rings (SSSR count). The van der Waals surface area contributed by atoms with E-state index in [4.69, 9.17) is 5.11 Å². The van der Waals surface area contributed by atoms with Crippen molar-refractivity contribution in [2.24, 2.45) is 23.7 Å². The molecule has 4 unspecified atom stereocenters. The van der Waals surface area contributed by atoms with E-state index in [1.807, 2.05) is 0 Å². The van der Waals surface area contributed by atoms with Crippen LogP contribution in [0.2, 0.25) is 0 Å². The van der Waals surface area contributed by atoms with Crippen molar-refractivity contribution in [3.8, 4) is 0 Å². The number of allylic oxidation sites excluding steroid dienone is 2. The van der Waals surface area contributed by atoms with E-state index in [2.05, 4.69) is 16.9 Å². The maximum atomic E-state index is 12.5. The maximum absolute atomic E-state index is 12.5. The number of benzene rings is 1. The molecule has 2 aliphatic carbocycles. The monoisotopic (exact) mass is 377 g/mol. The van der Waals surface area contributed by atoms with Gasteiger partial charge in [-0.3, -0.25) is 4.79 Å². The average Bonchev–Trinajstić information content (AvgIpc) is 3.22. The van der Waals surface area contributed by atoms with Crippen molar-refractivity contribution >= 4 is 16.0 Å². The van der Waals surface area contributed by atoms with Crippen LogP contribution in [-0.4, -0.2) is 26.0 Å². The van der Waals surface area contributed by atoms with Crippen LogP contribution in [0.3, 0.4) is 0 Å². The van der Waals surface area contributed by atoms with Crippen molar-refractivity contribution in [2.45, 2.75) is 43.4 Å². The summed E-state index contributed by atoms with van der Waals surface area (Å²) >= 11 is 0. The lowest BCUT2D eigenvalue weighted by Gasteiger charge is -2.29. The molecule has 2 aliphatic rings. The van der Waals surface area contributed by atoms with Gasteiger partial charge >= 0.3 is 5.97 Å². The second-order valence-corrected chi connectivity index (χ2v) is 9.22. The van der Waals surface area contributed by atoms with Crippen molar-refractivity contribution < 1.29 is 18.3 Å². The number of unbranched alkanes of at least 4 members (excludes halogenated alkanes) is 1. The van der Waals surface area contributed by atoms with Crippen LogP contribution in [0.25, 0.3) is 0 Å². The molecule has 2 saturated carbocycles. The highest BCUT2D eigenvalue weighted by molar-refractivity contribution is 7.89. The molecular formula is C20H27NO4S. The van der Waals surface area contributed by atoms with Crippen LogP contribution < -0.4 is 4.72 Å². The van der Waals surface area contributed by atoms with Crippen LogP contribution in [-0.2, 0) is 14.8 Å². The van der Waals surface area contributed by atoms with Crippen LogP contribution in [0.15, 0.2) is 47.4 Å². The zero-order valence-corrected chi connectivity index (χ0v) is 15.7. The highest BCUT2D eigenvalue weighted by Gasteiger charge is 2.46. The number of carboxylic acid groups (broad SMARTS) is 1.